The van der Waals surface area contributed by atoms with Crippen LogP contribution in [0.2, 0.25) is 5.02 Å². The van der Waals surface area contributed by atoms with Gasteiger partial charge in [0.1, 0.15) is 0 Å². The summed E-state index contributed by atoms with van der Waals surface area (Å²) < 4.78 is 0. The number of ketones is 1. The number of carbonyl (C=O) groups is 2. The molecule has 0 spiro atoms. The number of hydrogen-bond acceptors (Lipinski definition) is 3. The molecule has 0 saturated heterocycles. The fourth-order valence-corrected chi connectivity index (χ4v) is 1.82. The predicted octanol–water partition coefficient (Wildman–Crippen LogP) is 2.44. The maximum absolute atomic E-state index is 11.6. The maximum Gasteiger partial charge on any atom is 0.319 e. The number of halogens is 1. The van der Waals surface area contributed by atoms with Crippen LogP contribution in [0, 0.1) is 0 Å². The van der Waals surface area contributed by atoms with Crippen LogP contribution in [-0.2, 0) is 0 Å². The number of amides is 2. The maximum atomic E-state index is 11.6. The summed E-state index contributed by atoms with van der Waals surface area (Å²) in [7, 11) is 0. The van der Waals surface area contributed by atoms with Gasteiger partial charge < -0.3 is 15.7 Å². The second kappa shape index (κ2) is 7.11. The molecule has 0 aromatic heterocycles. The lowest BCUT2D eigenvalue weighted by Crippen LogP contribution is -2.39. The Kier molecular flexibility index (Phi) is 5.79. The first-order valence-corrected chi connectivity index (χ1v) is 6.34. The molecule has 0 heterocycles. The molecule has 1 aromatic rings. The fourth-order valence-electron chi connectivity index (χ4n) is 1.51. The number of rotatable bonds is 5. The summed E-state index contributed by atoms with van der Waals surface area (Å²) in [6.07, 6.45) is 0.633. The number of hydrogen-bond donors (Lipinski definition) is 3. The van der Waals surface area contributed by atoms with Gasteiger partial charge in [0.15, 0.2) is 5.78 Å². The number of urea groups is 1. The highest BCUT2D eigenvalue weighted by Gasteiger charge is 2.11. The molecule has 0 saturated carbocycles. The van der Waals surface area contributed by atoms with E-state index in [0.717, 1.165) is 0 Å². The van der Waals surface area contributed by atoms with E-state index in [9.17, 15) is 9.59 Å². The minimum Gasteiger partial charge on any atom is -0.394 e. The van der Waals surface area contributed by atoms with Crippen LogP contribution in [0.15, 0.2) is 18.2 Å². The van der Waals surface area contributed by atoms with E-state index in [1.54, 1.807) is 12.1 Å². The lowest BCUT2D eigenvalue weighted by Gasteiger charge is -2.15. The van der Waals surface area contributed by atoms with Crippen LogP contribution < -0.4 is 10.6 Å². The van der Waals surface area contributed by atoms with Crippen molar-refractivity contribution in [1.82, 2.24) is 5.32 Å². The van der Waals surface area contributed by atoms with Crippen molar-refractivity contribution in [2.75, 3.05) is 11.9 Å². The predicted molar refractivity (Wildman–Crippen MR) is 74.8 cm³/mol. The highest BCUT2D eigenvalue weighted by Crippen LogP contribution is 2.21. The van der Waals surface area contributed by atoms with E-state index in [4.69, 9.17) is 16.7 Å². The van der Waals surface area contributed by atoms with E-state index in [-0.39, 0.29) is 18.4 Å². The van der Waals surface area contributed by atoms with E-state index in [1.807, 2.05) is 6.92 Å². The molecule has 0 aliphatic rings. The van der Waals surface area contributed by atoms with E-state index in [1.165, 1.54) is 13.0 Å². The first-order chi connectivity index (χ1) is 8.97. The van der Waals surface area contributed by atoms with E-state index < -0.39 is 6.03 Å². The molecule has 104 valence electrons. The molecule has 0 aliphatic heterocycles. The van der Waals surface area contributed by atoms with Crippen LogP contribution in [0.5, 0.6) is 0 Å². The third-order valence-corrected chi connectivity index (χ3v) is 2.97. The van der Waals surface area contributed by atoms with E-state index in [2.05, 4.69) is 10.6 Å². The summed E-state index contributed by atoms with van der Waals surface area (Å²) in [4.78, 5) is 22.8. The first-order valence-electron chi connectivity index (χ1n) is 5.96. The molecule has 19 heavy (non-hydrogen) atoms. The Morgan fingerprint density at radius 1 is 1.42 bits per heavy atom. The van der Waals surface area contributed by atoms with Crippen LogP contribution in [0.4, 0.5) is 10.5 Å². The quantitative estimate of drug-likeness (QED) is 0.727. The van der Waals surface area contributed by atoms with Gasteiger partial charge in [-0.2, -0.15) is 0 Å². The van der Waals surface area contributed by atoms with E-state index in [0.29, 0.717) is 22.7 Å². The normalized spacial score (nSPS) is 11.8. The molecular formula is C13H17ClN2O3. The largest absolute Gasteiger partial charge is 0.394 e. The standard InChI is InChI=1S/C13H17ClN2O3/c1-3-9(7-17)15-13(19)16-10-4-5-11(8(2)18)12(14)6-10/h4-6,9,17H,3,7H2,1-2H3,(H2,15,16,19)/t9-/m1/s1. The SMILES string of the molecule is CC[C@H](CO)NC(=O)Nc1ccc(C(C)=O)c(Cl)c1. The Morgan fingerprint density at radius 3 is 2.58 bits per heavy atom. The molecule has 6 heteroatoms. The molecule has 3 N–H and O–H groups in total. The van der Waals surface area contributed by atoms with Gasteiger partial charge in [-0.05, 0) is 31.5 Å². The molecule has 2 amide bonds. The second-order valence-corrected chi connectivity index (χ2v) is 4.54. The van der Waals surface area contributed by atoms with Crippen molar-refractivity contribution in [3.8, 4) is 0 Å². The molecule has 1 rings (SSSR count). The summed E-state index contributed by atoms with van der Waals surface area (Å²) in [6, 6.07) is 3.96. The monoisotopic (exact) mass is 284 g/mol. The summed E-state index contributed by atoms with van der Waals surface area (Å²) in [6.45, 7) is 3.17. The van der Waals surface area contributed by atoms with Crippen molar-refractivity contribution >= 4 is 29.1 Å². The summed E-state index contributed by atoms with van der Waals surface area (Å²) in [5.74, 6) is -0.132. The zero-order chi connectivity index (χ0) is 14.4. The third kappa shape index (κ3) is 4.54. The number of aliphatic hydroxyl groups excluding tert-OH is 1. The minimum atomic E-state index is -0.424. The molecule has 1 atom stereocenters. The van der Waals surface area contributed by atoms with Gasteiger partial charge in [0.2, 0.25) is 0 Å². The van der Waals surface area contributed by atoms with Gasteiger partial charge in [0.25, 0.3) is 0 Å². The van der Waals surface area contributed by atoms with Crippen molar-refractivity contribution in [1.29, 1.82) is 0 Å². The second-order valence-electron chi connectivity index (χ2n) is 4.14. The van der Waals surface area contributed by atoms with Crippen molar-refractivity contribution in [2.45, 2.75) is 26.3 Å². The Labute approximate surface area is 117 Å². The molecule has 0 unspecified atom stereocenters. The van der Waals surface area contributed by atoms with Gasteiger partial charge >= 0.3 is 6.03 Å². The van der Waals surface area contributed by atoms with Crippen LogP contribution in [0.3, 0.4) is 0 Å². The van der Waals surface area contributed by atoms with Gasteiger partial charge in [0, 0.05) is 11.3 Å². The lowest BCUT2D eigenvalue weighted by atomic mass is 10.1. The number of Topliss-reactive ketones (excluding diaryl/α,β-unsaturated/α-hetero) is 1. The molecule has 0 fully saturated rings. The van der Waals surface area contributed by atoms with Crippen molar-refractivity contribution in [2.24, 2.45) is 0 Å². The van der Waals surface area contributed by atoms with Crippen LogP contribution in [0.1, 0.15) is 30.6 Å². The highest BCUT2D eigenvalue weighted by atomic mass is 35.5. The topological polar surface area (TPSA) is 78.4 Å². The van der Waals surface area contributed by atoms with Gasteiger partial charge in [-0.1, -0.05) is 18.5 Å². The number of benzene rings is 1. The average Bonchev–Trinajstić information content (AvgIpc) is 2.35. The number of nitrogens with one attached hydrogen (secondary N) is 2. The minimum absolute atomic E-state index is 0.117. The number of carbonyl (C=O) groups excluding carboxylic acids is 2. The Bertz CT molecular complexity index is 473. The zero-order valence-corrected chi connectivity index (χ0v) is 11.6. The molecular weight excluding hydrogens is 268 g/mol. The zero-order valence-electron chi connectivity index (χ0n) is 10.9. The van der Waals surface area contributed by atoms with Crippen LogP contribution in [0.25, 0.3) is 0 Å². The van der Waals surface area contributed by atoms with Crippen molar-refractivity contribution in [3.05, 3.63) is 28.8 Å². The smallest absolute Gasteiger partial charge is 0.319 e. The van der Waals surface area contributed by atoms with Gasteiger partial charge in [-0.15, -0.1) is 0 Å². The van der Waals surface area contributed by atoms with Crippen LogP contribution >= 0.6 is 11.6 Å². The molecule has 0 bridgehead atoms. The van der Waals surface area contributed by atoms with Crippen molar-refractivity contribution in [3.63, 3.8) is 0 Å². The number of anilines is 1. The highest BCUT2D eigenvalue weighted by molar-refractivity contribution is 6.34. The molecule has 5 nitrogen and oxygen atoms in total. The lowest BCUT2D eigenvalue weighted by molar-refractivity contribution is 0.101. The third-order valence-electron chi connectivity index (χ3n) is 2.65. The Hall–Kier alpha value is -1.59. The fraction of sp³-hybridized carbons (Fsp3) is 0.385. The number of aliphatic hydroxyl groups is 1. The summed E-state index contributed by atoms with van der Waals surface area (Å²) in [5.41, 5.74) is 0.898. The van der Waals surface area contributed by atoms with E-state index >= 15 is 0 Å². The Morgan fingerprint density at radius 2 is 2.11 bits per heavy atom. The average molecular weight is 285 g/mol. The molecule has 1 aromatic carbocycles. The van der Waals surface area contributed by atoms with Gasteiger partial charge in [-0.25, -0.2) is 4.79 Å². The van der Waals surface area contributed by atoms with Gasteiger partial charge in [0.05, 0.1) is 17.7 Å². The molecule has 0 radical (unpaired) electrons. The first kappa shape index (κ1) is 15.5. The summed E-state index contributed by atoms with van der Waals surface area (Å²) in [5, 5.41) is 14.5. The molecule has 0 aliphatic carbocycles. The van der Waals surface area contributed by atoms with Gasteiger partial charge in [-0.3, -0.25) is 4.79 Å². The van der Waals surface area contributed by atoms with Crippen LogP contribution in [-0.4, -0.2) is 29.6 Å². The Balaban J connectivity index is 2.70. The van der Waals surface area contributed by atoms with Crippen molar-refractivity contribution < 1.29 is 14.7 Å². The summed E-state index contributed by atoms with van der Waals surface area (Å²) >= 11 is 5.94.